The molecule has 2 heterocycles. The fraction of sp³-hybridized carbons (Fsp3) is 1.00. The van der Waals surface area contributed by atoms with Gasteiger partial charge in [0.1, 0.15) is 6.10 Å². The van der Waals surface area contributed by atoms with Crippen molar-refractivity contribution in [1.82, 2.24) is 4.90 Å². The van der Waals surface area contributed by atoms with Gasteiger partial charge in [-0.05, 0) is 25.7 Å². The number of ether oxygens (including phenoxy) is 1. The third-order valence-electron chi connectivity index (χ3n) is 3.14. The van der Waals surface area contributed by atoms with E-state index in [0.29, 0.717) is 26.1 Å². The summed E-state index contributed by atoms with van der Waals surface area (Å²) < 4.78 is 45.8. The highest BCUT2D eigenvalue weighted by atomic mass is 19.3. The van der Waals surface area contributed by atoms with Gasteiger partial charge >= 0.3 is 5.92 Å². The molecule has 2 nitrogen and oxygen atoms in total. The van der Waals surface area contributed by atoms with Crippen LogP contribution in [0.3, 0.4) is 0 Å². The van der Waals surface area contributed by atoms with Crippen LogP contribution in [0.15, 0.2) is 0 Å². The molecule has 0 bridgehead atoms. The molecule has 0 aromatic rings. The standard InChI is InChI=1S/C10H16F3NO/c11-9(14-5-1-2-6-14)10(12,13)8-4-3-7-15-8/h8-9H,1-7H2. The van der Waals surface area contributed by atoms with Gasteiger partial charge in [-0.1, -0.05) is 0 Å². The Kier molecular flexibility index (Phi) is 3.21. The zero-order chi connectivity index (χ0) is 10.9. The molecule has 5 heteroatoms. The molecule has 15 heavy (non-hydrogen) atoms. The molecule has 2 rings (SSSR count). The lowest BCUT2D eigenvalue weighted by molar-refractivity contribution is -0.194. The van der Waals surface area contributed by atoms with Crippen molar-refractivity contribution in [2.75, 3.05) is 19.7 Å². The molecule has 2 unspecified atom stereocenters. The molecule has 0 saturated carbocycles. The Labute approximate surface area is 87.4 Å². The molecule has 2 saturated heterocycles. The molecule has 2 fully saturated rings. The first-order chi connectivity index (χ1) is 7.12. The predicted molar refractivity (Wildman–Crippen MR) is 49.6 cm³/mol. The molecule has 2 atom stereocenters. The number of hydrogen-bond acceptors (Lipinski definition) is 2. The SMILES string of the molecule is FC(N1CCCC1)C(F)(F)C1CCCO1. The summed E-state index contributed by atoms with van der Waals surface area (Å²) in [4.78, 5) is 1.22. The monoisotopic (exact) mass is 223 g/mol. The minimum atomic E-state index is -3.36. The van der Waals surface area contributed by atoms with E-state index in [9.17, 15) is 13.2 Å². The predicted octanol–water partition coefficient (Wildman–Crippen LogP) is 2.19. The van der Waals surface area contributed by atoms with Crippen LogP contribution in [-0.2, 0) is 4.74 Å². The number of hydrogen-bond donors (Lipinski definition) is 0. The van der Waals surface area contributed by atoms with Crippen molar-refractivity contribution in [2.24, 2.45) is 0 Å². The van der Waals surface area contributed by atoms with Crippen LogP contribution in [0.1, 0.15) is 25.7 Å². The Morgan fingerprint density at radius 3 is 2.40 bits per heavy atom. The topological polar surface area (TPSA) is 12.5 Å². The van der Waals surface area contributed by atoms with Crippen LogP contribution in [0.25, 0.3) is 0 Å². The van der Waals surface area contributed by atoms with Crippen molar-refractivity contribution in [3.8, 4) is 0 Å². The largest absolute Gasteiger partial charge is 0.372 e. The number of halogens is 3. The molecule has 0 aromatic heterocycles. The van der Waals surface area contributed by atoms with Crippen molar-refractivity contribution in [3.05, 3.63) is 0 Å². The Hall–Kier alpha value is -0.290. The summed E-state index contributed by atoms with van der Waals surface area (Å²) in [5, 5.41) is 0. The van der Waals surface area contributed by atoms with Gasteiger partial charge in [0.15, 0.2) is 0 Å². The maximum atomic E-state index is 13.6. The summed E-state index contributed by atoms with van der Waals surface area (Å²) in [6.07, 6.45) is -0.922. The van der Waals surface area contributed by atoms with Crippen molar-refractivity contribution >= 4 is 0 Å². The number of alkyl halides is 3. The third kappa shape index (κ3) is 2.13. The van der Waals surface area contributed by atoms with E-state index in [-0.39, 0.29) is 6.42 Å². The zero-order valence-electron chi connectivity index (χ0n) is 8.59. The zero-order valence-corrected chi connectivity index (χ0v) is 8.59. The summed E-state index contributed by atoms with van der Waals surface area (Å²) in [7, 11) is 0. The molecule has 88 valence electrons. The molecular weight excluding hydrogens is 207 g/mol. The summed E-state index contributed by atoms with van der Waals surface area (Å²) in [6, 6.07) is 0. The fourth-order valence-corrected chi connectivity index (χ4v) is 2.25. The van der Waals surface area contributed by atoms with Crippen LogP contribution in [-0.4, -0.2) is 42.9 Å². The summed E-state index contributed by atoms with van der Waals surface area (Å²) >= 11 is 0. The minimum Gasteiger partial charge on any atom is -0.372 e. The smallest absolute Gasteiger partial charge is 0.317 e. The van der Waals surface area contributed by atoms with Gasteiger partial charge in [0, 0.05) is 19.7 Å². The molecule has 0 N–H and O–H groups in total. The maximum Gasteiger partial charge on any atom is 0.317 e. The molecule has 0 spiro atoms. The Balaban J connectivity index is 1.99. The van der Waals surface area contributed by atoms with Crippen molar-refractivity contribution in [1.29, 1.82) is 0 Å². The van der Waals surface area contributed by atoms with E-state index >= 15 is 0 Å². The summed E-state index contributed by atoms with van der Waals surface area (Å²) in [5.41, 5.74) is 0. The number of likely N-dealkylation sites (tertiary alicyclic amines) is 1. The van der Waals surface area contributed by atoms with E-state index in [1.165, 1.54) is 4.90 Å². The third-order valence-corrected chi connectivity index (χ3v) is 3.14. The quantitative estimate of drug-likeness (QED) is 0.680. The van der Waals surface area contributed by atoms with Gasteiger partial charge < -0.3 is 4.74 Å². The molecular formula is C10H16F3NO. The fourth-order valence-electron chi connectivity index (χ4n) is 2.25. The lowest BCUT2D eigenvalue weighted by atomic mass is 10.1. The maximum absolute atomic E-state index is 13.6. The van der Waals surface area contributed by atoms with E-state index in [1.807, 2.05) is 0 Å². The first-order valence-corrected chi connectivity index (χ1v) is 5.50. The van der Waals surface area contributed by atoms with Gasteiger partial charge in [-0.15, -0.1) is 0 Å². The minimum absolute atomic E-state index is 0.265. The normalized spacial score (nSPS) is 31.0. The number of rotatable bonds is 3. The van der Waals surface area contributed by atoms with Gasteiger partial charge in [-0.25, -0.2) is 4.39 Å². The average molecular weight is 223 g/mol. The van der Waals surface area contributed by atoms with Crippen LogP contribution in [0.2, 0.25) is 0 Å². The van der Waals surface area contributed by atoms with Crippen LogP contribution >= 0.6 is 0 Å². The lowest BCUT2D eigenvalue weighted by Gasteiger charge is -2.31. The second-order valence-electron chi connectivity index (χ2n) is 4.26. The van der Waals surface area contributed by atoms with Crippen molar-refractivity contribution in [3.63, 3.8) is 0 Å². The van der Waals surface area contributed by atoms with Crippen LogP contribution < -0.4 is 0 Å². The Bertz CT molecular complexity index is 213. The highest BCUT2D eigenvalue weighted by Crippen LogP contribution is 2.36. The molecule has 0 aliphatic carbocycles. The van der Waals surface area contributed by atoms with Gasteiger partial charge in [0.25, 0.3) is 0 Å². The van der Waals surface area contributed by atoms with Crippen LogP contribution in [0.5, 0.6) is 0 Å². The summed E-state index contributed by atoms with van der Waals surface area (Å²) in [5.74, 6) is -3.36. The second-order valence-corrected chi connectivity index (χ2v) is 4.26. The highest BCUT2D eigenvalue weighted by molar-refractivity contribution is 4.89. The van der Waals surface area contributed by atoms with E-state index in [2.05, 4.69) is 0 Å². The van der Waals surface area contributed by atoms with Gasteiger partial charge in [-0.3, -0.25) is 4.90 Å². The first-order valence-electron chi connectivity index (χ1n) is 5.50. The van der Waals surface area contributed by atoms with E-state index in [0.717, 1.165) is 12.8 Å². The molecule has 0 aromatic carbocycles. The van der Waals surface area contributed by atoms with Crippen LogP contribution in [0, 0.1) is 0 Å². The van der Waals surface area contributed by atoms with E-state index < -0.39 is 18.3 Å². The molecule has 2 aliphatic heterocycles. The van der Waals surface area contributed by atoms with E-state index in [1.54, 1.807) is 0 Å². The summed E-state index contributed by atoms with van der Waals surface area (Å²) in [6.45, 7) is 1.19. The molecule has 0 radical (unpaired) electrons. The van der Waals surface area contributed by atoms with Crippen molar-refractivity contribution < 1.29 is 17.9 Å². The first kappa shape index (κ1) is 11.2. The van der Waals surface area contributed by atoms with Crippen molar-refractivity contribution in [2.45, 2.75) is 44.0 Å². The van der Waals surface area contributed by atoms with E-state index in [4.69, 9.17) is 4.74 Å². The van der Waals surface area contributed by atoms with Gasteiger partial charge in [-0.2, -0.15) is 8.78 Å². The Morgan fingerprint density at radius 2 is 1.87 bits per heavy atom. The second kappa shape index (κ2) is 4.29. The number of nitrogens with zero attached hydrogens (tertiary/aromatic N) is 1. The molecule has 2 aliphatic rings. The van der Waals surface area contributed by atoms with Gasteiger partial charge in [0.2, 0.25) is 6.30 Å². The highest BCUT2D eigenvalue weighted by Gasteiger charge is 2.52. The van der Waals surface area contributed by atoms with Gasteiger partial charge in [0.05, 0.1) is 0 Å². The lowest BCUT2D eigenvalue weighted by Crippen LogP contribution is -2.50. The molecule has 0 amide bonds. The average Bonchev–Trinajstić information content (AvgIpc) is 2.89. The Morgan fingerprint density at radius 1 is 1.20 bits per heavy atom. The van der Waals surface area contributed by atoms with Crippen LogP contribution in [0.4, 0.5) is 13.2 Å².